The van der Waals surface area contributed by atoms with E-state index in [4.69, 9.17) is 46.6 Å². The number of imidazole rings is 1. The van der Waals surface area contributed by atoms with Crippen LogP contribution in [-0.2, 0) is 25.2 Å². The van der Waals surface area contributed by atoms with Gasteiger partial charge >= 0.3 is 5.97 Å². The minimum atomic E-state index is -2.40. The van der Waals surface area contributed by atoms with Crippen molar-refractivity contribution in [2.45, 2.75) is 70.9 Å². The van der Waals surface area contributed by atoms with Crippen molar-refractivity contribution in [1.29, 1.82) is 0 Å². The summed E-state index contributed by atoms with van der Waals surface area (Å²) < 4.78 is 33.3. The number of rotatable bonds is 11. The fraction of sp³-hybridized carbons (Fsp3) is 0.455. The van der Waals surface area contributed by atoms with Crippen molar-refractivity contribution in [3.05, 3.63) is 82.5 Å². The SMILES string of the molecule is COc1ccc(COC[C@H]2O[C@H](n3cnc4c(Cl)nc(Cl)nc43)C(C)(COC(=O)c3ccccc3)C2O[Si](C)(C)C(C)(C)C)cc1. The summed E-state index contributed by atoms with van der Waals surface area (Å²) in [5.41, 5.74) is 1.27. The molecule has 1 fully saturated rings. The fourth-order valence-corrected chi connectivity index (χ4v) is 7.08. The minimum absolute atomic E-state index is 0.0219. The first-order valence-corrected chi connectivity index (χ1v) is 18.7. The Kier molecular flexibility index (Phi) is 10.1. The highest BCUT2D eigenvalue weighted by Crippen LogP contribution is 2.51. The average Bonchev–Trinajstić information content (AvgIpc) is 3.54. The predicted octanol–water partition coefficient (Wildman–Crippen LogP) is 7.51. The van der Waals surface area contributed by atoms with E-state index in [2.05, 4.69) is 48.8 Å². The molecule has 10 nitrogen and oxygen atoms in total. The van der Waals surface area contributed by atoms with E-state index in [1.165, 1.54) is 0 Å². The Morgan fingerprint density at radius 1 is 1.07 bits per heavy atom. The molecule has 13 heteroatoms. The summed E-state index contributed by atoms with van der Waals surface area (Å²) >= 11 is 12.6. The molecule has 1 saturated heterocycles. The number of halogens is 2. The maximum absolute atomic E-state index is 13.2. The first-order chi connectivity index (χ1) is 21.7. The van der Waals surface area contributed by atoms with Gasteiger partial charge in [0.1, 0.15) is 30.2 Å². The Morgan fingerprint density at radius 2 is 1.76 bits per heavy atom. The van der Waals surface area contributed by atoms with Gasteiger partial charge in [0.2, 0.25) is 5.28 Å². The molecule has 3 heterocycles. The van der Waals surface area contributed by atoms with Gasteiger partial charge in [-0.25, -0.2) is 14.8 Å². The molecule has 4 aromatic rings. The molecule has 4 atom stereocenters. The Labute approximate surface area is 280 Å². The number of carbonyl (C=O) groups excluding carboxylic acids is 1. The van der Waals surface area contributed by atoms with Crippen LogP contribution in [0.2, 0.25) is 28.6 Å². The number of methoxy groups -OCH3 is 1. The monoisotopic (exact) mass is 686 g/mol. The molecule has 0 spiro atoms. The molecule has 2 aromatic heterocycles. The third-order valence-corrected chi connectivity index (χ3v) is 13.8. The Balaban J connectivity index is 1.53. The van der Waals surface area contributed by atoms with Gasteiger partial charge in [-0.15, -0.1) is 0 Å². The molecule has 0 radical (unpaired) electrons. The third kappa shape index (κ3) is 7.09. The third-order valence-electron chi connectivity index (χ3n) is 8.92. The quantitative estimate of drug-likeness (QED) is 0.0686. The van der Waals surface area contributed by atoms with Crippen LogP contribution in [0.3, 0.4) is 0 Å². The van der Waals surface area contributed by atoms with Gasteiger partial charge in [-0.2, -0.15) is 4.98 Å². The lowest BCUT2D eigenvalue weighted by atomic mass is 9.83. The van der Waals surface area contributed by atoms with E-state index in [-0.39, 0.29) is 28.7 Å². The van der Waals surface area contributed by atoms with Crippen LogP contribution in [-0.4, -0.2) is 66.3 Å². The summed E-state index contributed by atoms with van der Waals surface area (Å²) in [6.07, 6.45) is -0.230. The van der Waals surface area contributed by atoms with Crippen LogP contribution in [0.4, 0.5) is 0 Å². The number of hydrogen-bond acceptors (Lipinski definition) is 9. The number of hydrogen-bond donors (Lipinski definition) is 0. The lowest BCUT2D eigenvalue weighted by molar-refractivity contribution is -0.0733. The summed E-state index contributed by atoms with van der Waals surface area (Å²) in [4.78, 5) is 26.2. The lowest BCUT2D eigenvalue weighted by Crippen LogP contribution is -2.52. The van der Waals surface area contributed by atoms with Crippen molar-refractivity contribution in [2.75, 3.05) is 20.3 Å². The van der Waals surface area contributed by atoms with Gasteiger partial charge in [-0.05, 0) is 66.5 Å². The molecule has 2 unspecified atom stereocenters. The highest BCUT2D eigenvalue weighted by molar-refractivity contribution is 6.74. The van der Waals surface area contributed by atoms with Crippen LogP contribution in [0.25, 0.3) is 11.2 Å². The molecule has 0 bridgehead atoms. The van der Waals surface area contributed by atoms with Crippen molar-refractivity contribution in [3.63, 3.8) is 0 Å². The molecule has 1 aliphatic heterocycles. The number of carbonyl (C=O) groups is 1. The Bertz CT molecular complexity index is 1660. The van der Waals surface area contributed by atoms with Gasteiger partial charge in [0.25, 0.3) is 0 Å². The number of benzene rings is 2. The van der Waals surface area contributed by atoms with Gasteiger partial charge < -0.3 is 23.4 Å². The van der Waals surface area contributed by atoms with E-state index in [1.807, 2.05) is 37.3 Å². The van der Waals surface area contributed by atoms with Crippen molar-refractivity contribution in [2.24, 2.45) is 5.41 Å². The largest absolute Gasteiger partial charge is 0.497 e. The molecule has 46 heavy (non-hydrogen) atoms. The van der Waals surface area contributed by atoms with Gasteiger partial charge in [0, 0.05) is 0 Å². The lowest BCUT2D eigenvalue weighted by Gasteiger charge is -2.43. The van der Waals surface area contributed by atoms with Crippen molar-refractivity contribution < 1.29 is 28.2 Å². The van der Waals surface area contributed by atoms with Crippen molar-refractivity contribution in [1.82, 2.24) is 19.5 Å². The zero-order valence-corrected chi connectivity index (χ0v) is 29.6. The highest BCUT2D eigenvalue weighted by Gasteiger charge is 2.59. The van der Waals surface area contributed by atoms with Crippen LogP contribution < -0.4 is 4.74 Å². The van der Waals surface area contributed by atoms with E-state index in [1.54, 1.807) is 42.3 Å². The minimum Gasteiger partial charge on any atom is -0.497 e. The second-order valence-corrected chi connectivity index (χ2v) is 18.7. The van der Waals surface area contributed by atoms with Gasteiger partial charge in [-0.1, -0.05) is 62.7 Å². The molecule has 1 aliphatic rings. The first-order valence-electron chi connectivity index (χ1n) is 15.1. The first kappa shape index (κ1) is 34.3. The normalized spacial score (nSPS) is 21.9. The molecular weight excluding hydrogens is 647 g/mol. The van der Waals surface area contributed by atoms with E-state index in [9.17, 15) is 4.79 Å². The number of fused-ring (bicyclic) bond motifs is 1. The average molecular weight is 688 g/mol. The van der Waals surface area contributed by atoms with Gasteiger partial charge in [0.05, 0.1) is 43.7 Å². The predicted molar refractivity (Wildman–Crippen MR) is 179 cm³/mol. The summed E-state index contributed by atoms with van der Waals surface area (Å²) in [7, 11) is -0.771. The van der Waals surface area contributed by atoms with Crippen molar-refractivity contribution >= 4 is 48.7 Å². The molecule has 246 valence electrons. The fourth-order valence-electron chi connectivity index (χ4n) is 5.25. The number of ether oxygens (including phenoxy) is 4. The van der Waals surface area contributed by atoms with E-state index >= 15 is 0 Å². The number of nitrogens with zero attached hydrogens (tertiary/aromatic N) is 4. The van der Waals surface area contributed by atoms with E-state index < -0.39 is 38.1 Å². The molecule has 2 aromatic carbocycles. The number of esters is 1. The Hall–Kier alpha value is -3.06. The van der Waals surface area contributed by atoms with E-state index in [0.29, 0.717) is 23.3 Å². The number of aromatic nitrogens is 4. The van der Waals surface area contributed by atoms with Gasteiger partial charge in [0.15, 0.2) is 19.1 Å². The zero-order valence-electron chi connectivity index (χ0n) is 27.1. The van der Waals surface area contributed by atoms with Gasteiger partial charge in [-0.3, -0.25) is 4.57 Å². The molecule has 0 amide bonds. The maximum Gasteiger partial charge on any atom is 0.338 e. The zero-order chi connectivity index (χ0) is 33.3. The second-order valence-electron chi connectivity index (χ2n) is 13.2. The topological polar surface area (TPSA) is 107 Å². The standard InChI is InChI=1S/C33H40Cl2N4O6Si/c1-32(2,3)46(6,7)45-26-24(18-42-17-21-13-15-23(41-5)16-14-21)44-30(39-20-36-25-27(34)37-31(35)38-28(25)39)33(26,4)19-43-29(40)22-11-9-8-10-12-22/h8-16,20,24,26,30H,17-19H2,1-7H3/t24-,26?,30+,33?/m1/s1. The maximum atomic E-state index is 13.2. The molecule has 5 rings (SSSR count). The molecular formula is C33H40Cl2N4O6Si. The van der Waals surface area contributed by atoms with Crippen LogP contribution in [0.15, 0.2) is 60.9 Å². The van der Waals surface area contributed by atoms with E-state index in [0.717, 1.165) is 11.3 Å². The van der Waals surface area contributed by atoms with Crippen LogP contribution in [0, 0.1) is 5.41 Å². The summed E-state index contributed by atoms with van der Waals surface area (Å²) in [5.74, 6) is 0.320. The summed E-state index contributed by atoms with van der Waals surface area (Å²) in [6.45, 7) is 13.5. The molecule has 0 N–H and O–H groups in total. The summed E-state index contributed by atoms with van der Waals surface area (Å²) in [5, 5.41) is -0.0164. The second kappa shape index (κ2) is 13.6. The molecule has 0 saturated carbocycles. The summed E-state index contributed by atoms with van der Waals surface area (Å²) in [6, 6.07) is 16.6. The van der Waals surface area contributed by atoms with Crippen LogP contribution in [0.5, 0.6) is 5.75 Å². The Morgan fingerprint density at radius 3 is 2.41 bits per heavy atom. The highest BCUT2D eigenvalue weighted by atomic mass is 35.5. The van der Waals surface area contributed by atoms with Crippen LogP contribution >= 0.6 is 23.2 Å². The van der Waals surface area contributed by atoms with Crippen LogP contribution in [0.1, 0.15) is 49.8 Å². The smallest absolute Gasteiger partial charge is 0.338 e. The van der Waals surface area contributed by atoms with Crippen molar-refractivity contribution in [3.8, 4) is 5.75 Å². The molecule has 0 aliphatic carbocycles.